The first-order chi connectivity index (χ1) is 15.0. The number of thiazole rings is 1. The summed E-state index contributed by atoms with van der Waals surface area (Å²) in [6.45, 7) is 0.809. The van der Waals surface area contributed by atoms with E-state index in [9.17, 15) is 9.59 Å². The van der Waals surface area contributed by atoms with Crippen LogP contribution in [0.15, 0.2) is 46.4 Å². The molecular weight excluding hydrogens is 459 g/mol. The van der Waals surface area contributed by atoms with Crippen molar-refractivity contribution in [3.8, 4) is 0 Å². The number of piperidine rings is 1. The van der Waals surface area contributed by atoms with Crippen molar-refractivity contribution in [1.82, 2.24) is 15.2 Å². The first kappa shape index (κ1) is 21.7. The molecule has 0 unspecified atom stereocenters. The average Bonchev–Trinajstić information content (AvgIpc) is 3.46. The van der Waals surface area contributed by atoms with Crippen LogP contribution < -0.4 is 10.6 Å². The molecule has 0 bridgehead atoms. The number of halogens is 2. The predicted octanol–water partition coefficient (Wildman–Crippen LogP) is 5.10. The van der Waals surface area contributed by atoms with E-state index in [1.165, 1.54) is 11.3 Å². The second-order valence-electron chi connectivity index (χ2n) is 7.10. The first-order valence-electron chi connectivity index (χ1n) is 9.80. The van der Waals surface area contributed by atoms with E-state index in [4.69, 9.17) is 27.6 Å². The Morgan fingerprint density at radius 1 is 1.23 bits per heavy atom. The van der Waals surface area contributed by atoms with Gasteiger partial charge in [0.1, 0.15) is 17.5 Å². The van der Waals surface area contributed by atoms with Crippen molar-refractivity contribution < 1.29 is 14.0 Å². The lowest BCUT2D eigenvalue weighted by Gasteiger charge is -2.34. The van der Waals surface area contributed by atoms with Crippen molar-refractivity contribution in [1.29, 1.82) is 0 Å². The molecule has 4 rings (SSSR count). The summed E-state index contributed by atoms with van der Waals surface area (Å²) < 4.78 is 5.25. The average molecular weight is 479 g/mol. The third-order valence-corrected chi connectivity index (χ3v) is 6.47. The van der Waals surface area contributed by atoms with Gasteiger partial charge in [0.05, 0.1) is 22.9 Å². The first-order valence-corrected chi connectivity index (χ1v) is 11.4. The lowest BCUT2D eigenvalue weighted by Crippen LogP contribution is -2.51. The predicted molar refractivity (Wildman–Crippen MR) is 121 cm³/mol. The van der Waals surface area contributed by atoms with Crippen molar-refractivity contribution in [2.75, 3.05) is 11.9 Å². The fraction of sp³-hybridized carbons (Fsp3) is 0.286. The molecule has 0 saturated carbocycles. The Bertz CT molecular complexity index is 1070. The van der Waals surface area contributed by atoms with Gasteiger partial charge in [0.2, 0.25) is 5.91 Å². The molecule has 0 aliphatic carbocycles. The molecule has 10 heteroatoms. The lowest BCUT2D eigenvalue weighted by atomic mass is 10.0. The van der Waals surface area contributed by atoms with E-state index in [0.717, 1.165) is 18.5 Å². The molecule has 31 heavy (non-hydrogen) atoms. The molecule has 1 fully saturated rings. The number of furan rings is 1. The fourth-order valence-corrected chi connectivity index (χ4v) is 4.43. The maximum Gasteiger partial charge on any atom is 0.274 e. The SMILES string of the molecule is O=C(NCc1ccco1)[C@@H]1CCCCN1C(=O)c1csc(Nc2ccc(Cl)c(Cl)c2)n1. The van der Waals surface area contributed by atoms with Crippen LogP contribution in [0, 0.1) is 0 Å². The molecule has 1 saturated heterocycles. The van der Waals surface area contributed by atoms with Gasteiger partial charge in [-0.3, -0.25) is 9.59 Å². The fourth-order valence-electron chi connectivity index (χ4n) is 3.43. The molecule has 3 heterocycles. The normalized spacial score (nSPS) is 16.2. The van der Waals surface area contributed by atoms with Crippen LogP contribution in [0.5, 0.6) is 0 Å². The molecule has 0 spiro atoms. The molecule has 2 aromatic heterocycles. The molecule has 7 nitrogen and oxygen atoms in total. The van der Waals surface area contributed by atoms with Crippen molar-refractivity contribution in [3.63, 3.8) is 0 Å². The number of likely N-dealkylation sites (tertiary alicyclic amines) is 1. The number of nitrogens with zero attached hydrogens (tertiary/aromatic N) is 2. The zero-order valence-electron chi connectivity index (χ0n) is 16.4. The monoisotopic (exact) mass is 478 g/mol. The summed E-state index contributed by atoms with van der Waals surface area (Å²) in [5.74, 6) is 0.227. The Hall–Kier alpha value is -2.55. The highest BCUT2D eigenvalue weighted by molar-refractivity contribution is 7.14. The van der Waals surface area contributed by atoms with Crippen molar-refractivity contribution in [2.45, 2.75) is 31.8 Å². The van der Waals surface area contributed by atoms with E-state index in [1.54, 1.807) is 46.9 Å². The van der Waals surface area contributed by atoms with Gasteiger partial charge in [0.15, 0.2) is 5.13 Å². The molecule has 162 valence electrons. The van der Waals surface area contributed by atoms with E-state index in [-0.39, 0.29) is 11.8 Å². The zero-order chi connectivity index (χ0) is 21.8. The third-order valence-electron chi connectivity index (χ3n) is 4.98. The molecule has 2 amide bonds. The van der Waals surface area contributed by atoms with E-state index in [0.29, 0.717) is 46.1 Å². The number of carbonyl (C=O) groups is 2. The maximum atomic E-state index is 13.1. The highest BCUT2D eigenvalue weighted by Gasteiger charge is 2.33. The van der Waals surface area contributed by atoms with Gasteiger partial charge in [-0.1, -0.05) is 23.2 Å². The maximum absolute atomic E-state index is 13.1. The van der Waals surface area contributed by atoms with E-state index < -0.39 is 6.04 Å². The number of hydrogen-bond acceptors (Lipinski definition) is 6. The standard InChI is InChI=1S/C21H20Cl2N4O3S/c22-15-7-6-13(10-16(15)23)25-21-26-17(12-31-21)20(29)27-8-2-1-5-18(27)19(28)24-11-14-4-3-9-30-14/h3-4,6-7,9-10,12,18H,1-2,5,8,11H2,(H,24,28)(H,25,26)/t18-/m0/s1. The number of benzene rings is 1. The Labute approximate surface area is 193 Å². The van der Waals surface area contributed by atoms with E-state index in [1.807, 2.05) is 0 Å². The molecule has 1 aliphatic heterocycles. The van der Waals surface area contributed by atoms with Gasteiger partial charge >= 0.3 is 0 Å². The van der Waals surface area contributed by atoms with Crippen molar-refractivity contribution in [3.05, 3.63) is 63.5 Å². The number of amides is 2. The van der Waals surface area contributed by atoms with E-state index in [2.05, 4.69) is 15.6 Å². The minimum atomic E-state index is -0.524. The van der Waals surface area contributed by atoms with Crippen LogP contribution >= 0.6 is 34.5 Å². The highest BCUT2D eigenvalue weighted by atomic mass is 35.5. The van der Waals surface area contributed by atoms with Crippen LogP contribution in [-0.4, -0.2) is 34.3 Å². The smallest absolute Gasteiger partial charge is 0.274 e. The summed E-state index contributed by atoms with van der Waals surface area (Å²) in [5.41, 5.74) is 1.02. The molecule has 0 radical (unpaired) electrons. The van der Waals surface area contributed by atoms with Gasteiger partial charge in [0.25, 0.3) is 5.91 Å². The van der Waals surface area contributed by atoms with E-state index >= 15 is 0 Å². The van der Waals surface area contributed by atoms with Crippen LogP contribution in [-0.2, 0) is 11.3 Å². The van der Waals surface area contributed by atoms with Crippen LogP contribution in [0.3, 0.4) is 0 Å². The lowest BCUT2D eigenvalue weighted by molar-refractivity contribution is -0.126. The minimum absolute atomic E-state index is 0.186. The molecule has 1 aromatic carbocycles. The number of rotatable bonds is 6. The number of hydrogen-bond donors (Lipinski definition) is 2. The quantitative estimate of drug-likeness (QED) is 0.514. The highest BCUT2D eigenvalue weighted by Crippen LogP contribution is 2.29. The van der Waals surface area contributed by atoms with Gasteiger partial charge in [0, 0.05) is 17.6 Å². The number of aromatic nitrogens is 1. The minimum Gasteiger partial charge on any atom is -0.467 e. The number of carbonyl (C=O) groups excluding carboxylic acids is 2. The summed E-state index contributed by atoms with van der Waals surface area (Å²) in [6, 6.07) is 8.19. The van der Waals surface area contributed by atoms with Crippen LogP contribution in [0.25, 0.3) is 0 Å². The molecule has 1 atom stereocenters. The Kier molecular flexibility index (Phi) is 6.80. The van der Waals surface area contributed by atoms with Crippen LogP contribution in [0.2, 0.25) is 10.0 Å². The summed E-state index contributed by atoms with van der Waals surface area (Å²) in [7, 11) is 0. The second kappa shape index (κ2) is 9.72. The summed E-state index contributed by atoms with van der Waals surface area (Å²) in [5, 5.41) is 9.11. The summed E-state index contributed by atoms with van der Waals surface area (Å²) in [4.78, 5) is 31.9. The van der Waals surface area contributed by atoms with Gasteiger partial charge in [-0.05, 0) is 49.6 Å². The second-order valence-corrected chi connectivity index (χ2v) is 8.77. The Balaban J connectivity index is 1.43. The topological polar surface area (TPSA) is 87.5 Å². The largest absolute Gasteiger partial charge is 0.467 e. The Morgan fingerprint density at radius 2 is 2.10 bits per heavy atom. The van der Waals surface area contributed by atoms with Crippen molar-refractivity contribution in [2.24, 2.45) is 0 Å². The Morgan fingerprint density at radius 3 is 2.87 bits per heavy atom. The van der Waals surface area contributed by atoms with Gasteiger partial charge < -0.3 is 20.0 Å². The van der Waals surface area contributed by atoms with Crippen molar-refractivity contribution >= 4 is 57.2 Å². The van der Waals surface area contributed by atoms with Gasteiger partial charge in [-0.2, -0.15) is 0 Å². The van der Waals surface area contributed by atoms with Gasteiger partial charge in [-0.25, -0.2) is 4.98 Å². The third kappa shape index (κ3) is 5.20. The van der Waals surface area contributed by atoms with Crippen LogP contribution in [0.1, 0.15) is 35.5 Å². The van der Waals surface area contributed by atoms with Crippen LogP contribution in [0.4, 0.5) is 10.8 Å². The van der Waals surface area contributed by atoms with Gasteiger partial charge in [-0.15, -0.1) is 11.3 Å². The number of anilines is 2. The molecular formula is C21H20Cl2N4O3S. The molecule has 3 aromatic rings. The summed E-state index contributed by atoms with van der Waals surface area (Å²) >= 11 is 13.3. The number of nitrogens with one attached hydrogen (secondary N) is 2. The molecule has 1 aliphatic rings. The summed E-state index contributed by atoms with van der Waals surface area (Å²) in [6.07, 6.45) is 3.92. The molecule has 2 N–H and O–H groups in total. The zero-order valence-corrected chi connectivity index (χ0v) is 18.8.